The van der Waals surface area contributed by atoms with Crippen molar-refractivity contribution in [2.24, 2.45) is 5.92 Å². The molecular weight excluding hydrogens is 328 g/mol. The van der Waals surface area contributed by atoms with Crippen LogP contribution in [-0.4, -0.2) is 39.0 Å². The number of hydrogen-bond donors (Lipinski definition) is 1. The van der Waals surface area contributed by atoms with E-state index in [9.17, 15) is 9.59 Å². The van der Waals surface area contributed by atoms with Gasteiger partial charge in [0.15, 0.2) is 5.78 Å². The first-order valence-corrected chi connectivity index (χ1v) is 9.31. The van der Waals surface area contributed by atoms with Crippen molar-refractivity contribution in [2.75, 3.05) is 12.3 Å². The minimum atomic E-state index is -0.402. The van der Waals surface area contributed by atoms with Crippen LogP contribution < -0.4 is 5.73 Å². The Morgan fingerprint density at radius 3 is 2.50 bits per heavy atom. The highest BCUT2D eigenvalue weighted by Crippen LogP contribution is 2.32. The van der Waals surface area contributed by atoms with Gasteiger partial charge in [0, 0.05) is 12.5 Å². The second-order valence-electron chi connectivity index (χ2n) is 7.37. The molecule has 2 heterocycles. The summed E-state index contributed by atoms with van der Waals surface area (Å²) < 4.78 is 1.58. The Morgan fingerprint density at radius 1 is 1.12 bits per heavy atom. The zero-order chi connectivity index (χ0) is 18.3. The molecule has 1 aromatic heterocycles. The number of nitrogens with zero attached hydrogens (tertiary/aromatic N) is 3. The highest BCUT2D eigenvalue weighted by Gasteiger charge is 2.39. The highest BCUT2D eigenvalue weighted by molar-refractivity contribution is 6.05. The second-order valence-corrected chi connectivity index (χ2v) is 7.37. The third kappa shape index (κ3) is 2.79. The monoisotopic (exact) mass is 352 g/mol. The van der Waals surface area contributed by atoms with E-state index in [1.807, 2.05) is 31.2 Å². The summed E-state index contributed by atoms with van der Waals surface area (Å²) in [6.07, 6.45) is 6.10. The summed E-state index contributed by atoms with van der Waals surface area (Å²) >= 11 is 0. The molecule has 1 saturated carbocycles. The van der Waals surface area contributed by atoms with Gasteiger partial charge in [0.25, 0.3) is 0 Å². The van der Waals surface area contributed by atoms with Crippen LogP contribution in [0, 0.1) is 12.8 Å². The Balaban J connectivity index is 1.58. The summed E-state index contributed by atoms with van der Waals surface area (Å²) in [5.74, 6) is 0.487. The number of carbonyl (C=O) groups excluding carboxylic acids is 2. The zero-order valence-electron chi connectivity index (χ0n) is 15.0. The summed E-state index contributed by atoms with van der Waals surface area (Å²) in [7, 11) is 0. The smallest absolute Gasteiger partial charge is 0.226 e. The number of anilines is 1. The van der Waals surface area contributed by atoms with Gasteiger partial charge in [0.05, 0.1) is 23.5 Å². The van der Waals surface area contributed by atoms with Crippen LogP contribution in [0.2, 0.25) is 0 Å². The van der Waals surface area contributed by atoms with Gasteiger partial charge in [-0.1, -0.05) is 24.1 Å². The van der Waals surface area contributed by atoms with E-state index in [2.05, 4.69) is 5.10 Å². The fraction of sp³-hybridized carbons (Fsp3) is 0.450. The van der Waals surface area contributed by atoms with Crippen molar-refractivity contribution in [1.82, 2.24) is 14.7 Å². The number of ketones is 1. The van der Waals surface area contributed by atoms with E-state index >= 15 is 0 Å². The van der Waals surface area contributed by atoms with Crippen molar-refractivity contribution in [1.29, 1.82) is 0 Å². The van der Waals surface area contributed by atoms with Crippen LogP contribution in [0.15, 0.2) is 30.5 Å². The van der Waals surface area contributed by atoms with E-state index < -0.39 is 6.04 Å². The maximum absolute atomic E-state index is 13.1. The van der Waals surface area contributed by atoms with E-state index in [0.29, 0.717) is 24.3 Å². The lowest BCUT2D eigenvalue weighted by Crippen LogP contribution is -2.45. The predicted octanol–water partition coefficient (Wildman–Crippen LogP) is 2.74. The van der Waals surface area contributed by atoms with Crippen LogP contribution in [0.1, 0.15) is 48.0 Å². The van der Waals surface area contributed by atoms with Crippen LogP contribution in [0.5, 0.6) is 0 Å². The van der Waals surface area contributed by atoms with Gasteiger partial charge in [0.1, 0.15) is 5.82 Å². The Bertz CT molecular complexity index is 836. The molecule has 2 aromatic rings. The molecule has 2 N–H and O–H groups in total. The molecule has 1 aliphatic heterocycles. The van der Waals surface area contributed by atoms with Gasteiger partial charge in [0.2, 0.25) is 5.91 Å². The summed E-state index contributed by atoms with van der Waals surface area (Å²) in [4.78, 5) is 27.5. The van der Waals surface area contributed by atoms with Crippen LogP contribution in [0.4, 0.5) is 5.82 Å². The zero-order valence-corrected chi connectivity index (χ0v) is 15.0. The van der Waals surface area contributed by atoms with Crippen LogP contribution in [0.3, 0.4) is 0 Å². The third-order valence-electron chi connectivity index (χ3n) is 5.64. The molecule has 0 radical (unpaired) electrons. The Kier molecular flexibility index (Phi) is 4.26. The van der Waals surface area contributed by atoms with E-state index in [1.165, 1.54) is 6.20 Å². The van der Waals surface area contributed by atoms with Gasteiger partial charge >= 0.3 is 0 Å². The molecule has 0 bridgehead atoms. The molecule has 6 heteroatoms. The third-order valence-corrected chi connectivity index (χ3v) is 5.64. The average Bonchev–Trinajstić information content (AvgIpc) is 3.20. The number of hydrogen-bond acceptors (Lipinski definition) is 4. The number of aryl methyl sites for hydroxylation is 1. The average molecular weight is 352 g/mol. The van der Waals surface area contributed by atoms with Crippen molar-refractivity contribution in [3.05, 3.63) is 41.6 Å². The molecule has 1 unspecified atom stereocenters. The van der Waals surface area contributed by atoms with Gasteiger partial charge in [-0.3, -0.25) is 9.59 Å². The number of Topliss-reactive ketones (excluding diaryl/α,β-unsaturated/α-hetero) is 1. The van der Waals surface area contributed by atoms with Crippen LogP contribution in [0.25, 0.3) is 5.69 Å². The van der Waals surface area contributed by atoms with Gasteiger partial charge in [-0.05, 0) is 44.7 Å². The van der Waals surface area contributed by atoms with Gasteiger partial charge in [-0.25, -0.2) is 4.68 Å². The first-order valence-electron chi connectivity index (χ1n) is 9.31. The minimum Gasteiger partial charge on any atom is -0.383 e. The molecule has 26 heavy (non-hydrogen) atoms. The number of nitrogens with two attached hydrogens (primary N) is 1. The molecule has 2 aliphatic rings. The lowest BCUT2D eigenvalue weighted by Gasteiger charge is -2.32. The molecule has 1 amide bonds. The fourth-order valence-electron chi connectivity index (χ4n) is 3.81. The van der Waals surface area contributed by atoms with E-state index in [0.717, 1.165) is 36.9 Å². The van der Waals surface area contributed by atoms with Crippen LogP contribution >= 0.6 is 0 Å². The maximum atomic E-state index is 13.1. The number of aromatic nitrogens is 2. The number of benzene rings is 1. The number of likely N-dealkylation sites (tertiary alicyclic amines) is 1. The molecule has 4 rings (SSSR count). The lowest BCUT2D eigenvalue weighted by molar-refractivity contribution is -0.138. The molecule has 1 saturated heterocycles. The standard InChI is InChI=1S/C20H24N4O2/c1-13-7-9-15(10-8-13)24-19(21)16(12-22-24)18(25)17-6-3-11-23(17)20(26)14-4-2-5-14/h7-10,12,14,17H,2-6,11,21H2,1H3. The van der Waals surface area contributed by atoms with Crippen molar-refractivity contribution in [3.8, 4) is 5.69 Å². The van der Waals surface area contributed by atoms with Gasteiger partial charge in [-0.2, -0.15) is 5.10 Å². The summed E-state index contributed by atoms with van der Waals surface area (Å²) in [5, 5.41) is 4.31. The number of amides is 1. The first kappa shape index (κ1) is 16.8. The van der Waals surface area contributed by atoms with E-state index in [1.54, 1.807) is 9.58 Å². The molecule has 6 nitrogen and oxygen atoms in total. The summed E-state index contributed by atoms with van der Waals surface area (Å²) in [6.45, 7) is 2.68. The first-order chi connectivity index (χ1) is 12.6. The second kappa shape index (κ2) is 6.59. The van der Waals surface area contributed by atoms with Crippen LogP contribution in [-0.2, 0) is 4.79 Å². The molecule has 1 aromatic carbocycles. The Labute approximate surface area is 153 Å². The largest absolute Gasteiger partial charge is 0.383 e. The topological polar surface area (TPSA) is 81.2 Å². The number of nitrogen functional groups attached to an aromatic ring is 1. The number of carbonyl (C=O) groups is 2. The fourth-order valence-corrected chi connectivity index (χ4v) is 3.81. The van der Waals surface area contributed by atoms with E-state index in [-0.39, 0.29) is 17.6 Å². The van der Waals surface area contributed by atoms with E-state index in [4.69, 9.17) is 5.73 Å². The Morgan fingerprint density at radius 2 is 1.85 bits per heavy atom. The maximum Gasteiger partial charge on any atom is 0.226 e. The molecule has 136 valence electrons. The molecular formula is C20H24N4O2. The van der Waals surface area contributed by atoms with Crippen molar-refractivity contribution < 1.29 is 9.59 Å². The molecule has 2 fully saturated rings. The molecule has 1 atom stereocenters. The summed E-state index contributed by atoms with van der Waals surface area (Å²) in [5.41, 5.74) is 8.61. The molecule has 1 aliphatic carbocycles. The highest BCUT2D eigenvalue weighted by atomic mass is 16.2. The normalized spacial score (nSPS) is 20.2. The minimum absolute atomic E-state index is 0.0916. The predicted molar refractivity (Wildman–Crippen MR) is 99.1 cm³/mol. The Hall–Kier alpha value is -2.63. The van der Waals surface area contributed by atoms with Crippen molar-refractivity contribution in [3.63, 3.8) is 0 Å². The SMILES string of the molecule is Cc1ccc(-n2ncc(C(=O)C3CCCN3C(=O)C3CCC3)c2N)cc1. The lowest BCUT2D eigenvalue weighted by atomic mass is 9.84. The van der Waals surface area contributed by atoms with Crippen molar-refractivity contribution >= 4 is 17.5 Å². The van der Waals surface area contributed by atoms with Gasteiger partial charge < -0.3 is 10.6 Å². The quantitative estimate of drug-likeness (QED) is 0.858. The summed E-state index contributed by atoms with van der Waals surface area (Å²) in [6, 6.07) is 7.41. The molecule has 0 spiro atoms. The van der Waals surface area contributed by atoms with Crippen molar-refractivity contribution in [2.45, 2.75) is 45.1 Å². The number of rotatable bonds is 4. The van der Waals surface area contributed by atoms with Gasteiger partial charge in [-0.15, -0.1) is 0 Å².